The first-order chi connectivity index (χ1) is 22.4. The molecule has 1 saturated heterocycles. The molecular formula is C36H64N4O7. The van der Waals surface area contributed by atoms with Crippen molar-refractivity contribution in [3.05, 3.63) is 35.9 Å². The van der Waals surface area contributed by atoms with Crippen LogP contribution in [0.3, 0.4) is 0 Å². The van der Waals surface area contributed by atoms with Gasteiger partial charge in [-0.15, -0.1) is 0 Å². The summed E-state index contributed by atoms with van der Waals surface area (Å²) in [5.41, 5.74) is 6.52. The summed E-state index contributed by atoms with van der Waals surface area (Å²) in [6, 6.07) is 7.86. The van der Waals surface area contributed by atoms with Crippen LogP contribution in [0.4, 0.5) is 0 Å². The quantitative estimate of drug-likeness (QED) is 0.251. The lowest BCUT2D eigenvalue weighted by Gasteiger charge is -2.39. The largest absolute Gasteiger partial charge is 0.467 e. The molecule has 3 N–H and O–H groups in total. The van der Waals surface area contributed by atoms with Crippen molar-refractivity contribution in [3.63, 3.8) is 0 Å². The first kappa shape index (κ1) is 44.0. The third-order valence-corrected chi connectivity index (χ3v) is 8.56. The topological polar surface area (TPSA) is 141 Å². The second-order valence-electron chi connectivity index (χ2n) is 11.8. The molecule has 3 amide bonds. The summed E-state index contributed by atoms with van der Waals surface area (Å²) in [5, 5.41) is 2.84. The SMILES string of the molecule is CC.CCC.CCC(C)C(C(CC(=O)N1CCCC1C(OC)C(C)C(=O)NC(Cc1ccccc1)C(=O)OC)OC)N(C)C(=O)CN. The Balaban J connectivity index is 0.00000399. The van der Waals surface area contributed by atoms with Gasteiger partial charge in [-0.3, -0.25) is 14.4 Å². The number of hydrogen-bond donors (Lipinski definition) is 2. The summed E-state index contributed by atoms with van der Waals surface area (Å²) < 4.78 is 16.6. The lowest BCUT2D eigenvalue weighted by atomic mass is 9.90. The van der Waals surface area contributed by atoms with E-state index in [4.69, 9.17) is 19.9 Å². The number of amides is 3. The molecule has 1 fully saturated rings. The first-order valence-electron chi connectivity index (χ1n) is 17.2. The molecule has 1 aliphatic rings. The number of nitrogens with two attached hydrogens (primary N) is 1. The van der Waals surface area contributed by atoms with E-state index in [1.54, 1.807) is 30.9 Å². The van der Waals surface area contributed by atoms with E-state index >= 15 is 0 Å². The van der Waals surface area contributed by atoms with E-state index in [1.165, 1.54) is 20.6 Å². The van der Waals surface area contributed by atoms with Gasteiger partial charge in [0.25, 0.3) is 0 Å². The van der Waals surface area contributed by atoms with Gasteiger partial charge < -0.3 is 35.1 Å². The molecule has 7 atom stereocenters. The second-order valence-corrected chi connectivity index (χ2v) is 11.8. The second kappa shape index (κ2) is 24.2. The highest BCUT2D eigenvalue weighted by molar-refractivity contribution is 5.86. The van der Waals surface area contributed by atoms with Crippen molar-refractivity contribution in [2.75, 3.05) is 41.5 Å². The molecule has 1 aromatic rings. The Kier molecular flexibility index (Phi) is 22.6. The highest BCUT2D eigenvalue weighted by Gasteiger charge is 2.42. The van der Waals surface area contributed by atoms with Gasteiger partial charge in [-0.2, -0.15) is 0 Å². The summed E-state index contributed by atoms with van der Waals surface area (Å²) in [7, 11) is 6.06. The third-order valence-electron chi connectivity index (χ3n) is 8.56. The van der Waals surface area contributed by atoms with Crippen molar-refractivity contribution >= 4 is 23.7 Å². The normalized spacial score (nSPS) is 17.7. The van der Waals surface area contributed by atoms with E-state index in [0.717, 1.165) is 18.4 Å². The van der Waals surface area contributed by atoms with E-state index in [9.17, 15) is 19.2 Å². The van der Waals surface area contributed by atoms with Gasteiger partial charge in [0.05, 0.1) is 50.3 Å². The summed E-state index contributed by atoms with van der Waals surface area (Å²) >= 11 is 0. The fourth-order valence-electron chi connectivity index (χ4n) is 5.96. The van der Waals surface area contributed by atoms with Gasteiger partial charge in [0, 0.05) is 34.2 Å². The smallest absolute Gasteiger partial charge is 0.328 e. The van der Waals surface area contributed by atoms with Gasteiger partial charge in [0.1, 0.15) is 6.04 Å². The molecule has 1 heterocycles. The van der Waals surface area contributed by atoms with E-state index in [-0.39, 0.29) is 55.1 Å². The number of likely N-dealkylation sites (N-methyl/N-ethyl adjacent to an activating group) is 1. The number of carbonyl (C=O) groups is 4. The minimum absolute atomic E-state index is 0.0721. The van der Waals surface area contributed by atoms with Gasteiger partial charge >= 0.3 is 5.97 Å². The molecule has 2 rings (SSSR count). The predicted octanol–water partition coefficient (Wildman–Crippen LogP) is 4.21. The lowest BCUT2D eigenvalue weighted by Crippen LogP contribution is -2.54. The van der Waals surface area contributed by atoms with E-state index in [0.29, 0.717) is 13.0 Å². The maximum Gasteiger partial charge on any atom is 0.328 e. The summed E-state index contributed by atoms with van der Waals surface area (Å²) in [4.78, 5) is 55.5. The van der Waals surface area contributed by atoms with Crippen molar-refractivity contribution in [1.29, 1.82) is 0 Å². The number of ether oxygens (including phenoxy) is 3. The number of likely N-dealkylation sites (tertiary alicyclic amines) is 1. The number of nitrogens with one attached hydrogen (secondary N) is 1. The van der Waals surface area contributed by atoms with Crippen LogP contribution in [0.1, 0.15) is 86.1 Å². The van der Waals surface area contributed by atoms with Gasteiger partial charge in [-0.25, -0.2) is 4.79 Å². The molecule has 1 aliphatic heterocycles. The molecule has 0 aromatic heterocycles. The Labute approximate surface area is 284 Å². The van der Waals surface area contributed by atoms with Crippen LogP contribution < -0.4 is 11.1 Å². The van der Waals surface area contributed by atoms with E-state index in [1.807, 2.05) is 58.0 Å². The molecule has 0 radical (unpaired) electrons. The van der Waals surface area contributed by atoms with Gasteiger partial charge in [-0.05, 0) is 24.3 Å². The monoisotopic (exact) mass is 664 g/mol. The number of nitrogens with zero attached hydrogens (tertiary/aromatic N) is 2. The summed E-state index contributed by atoms with van der Waals surface area (Å²) in [5.74, 6) is -1.82. The zero-order valence-corrected chi connectivity index (χ0v) is 30.9. The predicted molar refractivity (Wildman–Crippen MR) is 187 cm³/mol. The molecule has 11 nitrogen and oxygen atoms in total. The molecule has 0 spiro atoms. The Bertz CT molecular complexity index is 1040. The maximum absolute atomic E-state index is 13.7. The average Bonchev–Trinajstić information content (AvgIpc) is 3.58. The van der Waals surface area contributed by atoms with Crippen LogP contribution in [0.5, 0.6) is 0 Å². The van der Waals surface area contributed by atoms with Gasteiger partial charge in [-0.1, -0.05) is 91.6 Å². The minimum atomic E-state index is -0.862. The van der Waals surface area contributed by atoms with Gasteiger partial charge in [0.2, 0.25) is 17.7 Å². The molecule has 0 bridgehead atoms. The molecule has 270 valence electrons. The first-order valence-corrected chi connectivity index (χ1v) is 17.2. The Hall–Kier alpha value is -3.02. The summed E-state index contributed by atoms with van der Waals surface area (Å²) in [6.07, 6.45) is 2.71. The van der Waals surface area contributed by atoms with Crippen LogP contribution in [0.2, 0.25) is 0 Å². The van der Waals surface area contributed by atoms with Gasteiger partial charge in [0.15, 0.2) is 0 Å². The highest BCUT2D eigenvalue weighted by Crippen LogP contribution is 2.29. The fraction of sp³-hybridized carbons (Fsp3) is 0.722. The number of carbonyl (C=O) groups excluding carboxylic acids is 4. The van der Waals surface area contributed by atoms with Crippen LogP contribution in [0.15, 0.2) is 30.3 Å². The van der Waals surface area contributed by atoms with Crippen molar-refractivity contribution in [3.8, 4) is 0 Å². The Morgan fingerprint density at radius 1 is 1.02 bits per heavy atom. The van der Waals surface area contributed by atoms with E-state index in [2.05, 4.69) is 19.2 Å². The number of esters is 1. The van der Waals surface area contributed by atoms with Crippen molar-refractivity contribution < 1.29 is 33.4 Å². The lowest BCUT2D eigenvalue weighted by molar-refractivity contribution is -0.148. The van der Waals surface area contributed by atoms with Crippen molar-refractivity contribution in [1.82, 2.24) is 15.1 Å². The molecular weight excluding hydrogens is 600 g/mol. The van der Waals surface area contributed by atoms with Crippen LogP contribution in [0, 0.1) is 11.8 Å². The van der Waals surface area contributed by atoms with Crippen LogP contribution in [0.25, 0.3) is 0 Å². The molecule has 47 heavy (non-hydrogen) atoms. The Morgan fingerprint density at radius 2 is 1.62 bits per heavy atom. The van der Waals surface area contributed by atoms with Crippen molar-refractivity contribution in [2.45, 2.75) is 117 Å². The fourth-order valence-corrected chi connectivity index (χ4v) is 5.96. The third kappa shape index (κ3) is 13.6. The summed E-state index contributed by atoms with van der Waals surface area (Å²) in [6.45, 7) is 14.5. The number of rotatable bonds is 16. The average molecular weight is 665 g/mol. The zero-order valence-electron chi connectivity index (χ0n) is 30.9. The standard InChI is InChI=1S/C31H50N4O7.C3H8.C2H6/c1-8-20(2)28(34(4)27(37)19-32)25(40-5)18-26(36)35-16-12-15-24(35)29(41-6)21(3)30(38)33-23(31(39)42-7)17-22-13-10-9-11-14-22;1-3-2;1-2/h9-11,13-14,20-21,23-25,28-29H,8,12,15-19,32H2,1-7H3,(H,33,38);3H2,1-2H3;1-2H3. The molecule has 0 aliphatic carbocycles. The number of hydrogen-bond acceptors (Lipinski definition) is 8. The molecule has 0 saturated carbocycles. The minimum Gasteiger partial charge on any atom is -0.467 e. The van der Waals surface area contributed by atoms with Crippen LogP contribution in [-0.2, 0) is 39.8 Å². The molecule has 1 aromatic carbocycles. The highest BCUT2D eigenvalue weighted by atomic mass is 16.5. The molecule has 11 heteroatoms. The number of benzene rings is 1. The van der Waals surface area contributed by atoms with Crippen LogP contribution >= 0.6 is 0 Å². The maximum atomic E-state index is 13.7. The van der Waals surface area contributed by atoms with E-state index < -0.39 is 30.1 Å². The van der Waals surface area contributed by atoms with Crippen molar-refractivity contribution in [2.24, 2.45) is 17.6 Å². The Morgan fingerprint density at radius 3 is 2.11 bits per heavy atom. The zero-order chi connectivity index (χ0) is 36.1. The molecule has 7 unspecified atom stereocenters. The van der Waals surface area contributed by atoms with Crippen LogP contribution in [-0.4, -0.2) is 105 Å². The number of methoxy groups -OCH3 is 3.